The standard InChI is InChI=1S/C22H36O3.C22H34O3/c2*1-20-10-8-17(24)14-16(20)5-6-19-18(20)9-11-21(2)15(4-3-13-23)7-12-22(19,21)25/h3-4,15-19,23-25H,5-14H2,1-2H3;3-4,13,15-19,24-25H,5-12,14H2,1-2H3/b2*4-3+/t2*15-,16+,17-,18?,19?,20-,21+,22-/m00/s1. The molecule has 5 N–H and O–H groups in total. The number of aliphatic hydroxyl groups excluding tert-OH is 3. The summed E-state index contributed by atoms with van der Waals surface area (Å²) in [6.07, 6.45) is 27.4. The first-order valence-corrected chi connectivity index (χ1v) is 20.9. The lowest BCUT2D eigenvalue weighted by molar-refractivity contribution is -0.207. The molecule has 8 aliphatic carbocycles. The van der Waals surface area contributed by atoms with Gasteiger partial charge in [0.15, 0.2) is 0 Å². The highest BCUT2D eigenvalue weighted by Gasteiger charge is 2.68. The number of rotatable bonds is 4. The lowest BCUT2D eigenvalue weighted by atomic mass is 9.43. The quantitative estimate of drug-likeness (QED) is 0.118. The van der Waals surface area contributed by atoms with Crippen LogP contribution in [0, 0.1) is 69.0 Å². The fourth-order valence-electron chi connectivity index (χ4n) is 15.5. The molecular weight excluding hydrogens is 624 g/mol. The largest absolute Gasteiger partial charge is 0.393 e. The van der Waals surface area contributed by atoms with Gasteiger partial charge in [0.2, 0.25) is 0 Å². The Morgan fingerprint density at radius 3 is 1.46 bits per heavy atom. The molecule has 6 nitrogen and oxygen atoms in total. The molecule has 0 aromatic heterocycles. The summed E-state index contributed by atoms with van der Waals surface area (Å²) in [4.78, 5) is 10.8. The summed E-state index contributed by atoms with van der Waals surface area (Å²) in [5.74, 6) is 3.97. The fraction of sp³-hybridized carbons (Fsp3) is 0.886. The minimum Gasteiger partial charge on any atom is -0.393 e. The summed E-state index contributed by atoms with van der Waals surface area (Å²) < 4.78 is 0. The van der Waals surface area contributed by atoms with E-state index < -0.39 is 11.2 Å². The zero-order valence-electron chi connectivity index (χ0n) is 31.7. The van der Waals surface area contributed by atoms with Gasteiger partial charge in [0.1, 0.15) is 6.29 Å². The molecule has 0 aromatic carbocycles. The van der Waals surface area contributed by atoms with Crippen molar-refractivity contribution in [3.8, 4) is 0 Å². The van der Waals surface area contributed by atoms with Gasteiger partial charge in [-0.1, -0.05) is 45.9 Å². The van der Waals surface area contributed by atoms with Gasteiger partial charge in [0.25, 0.3) is 0 Å². The number of aliphatic hydroxyl groups is 5. The highest BCUT2D eigenvalue weighted by Crippen LogP contribution is 2.70. The maximum absolute atomic E-state index is 11.9. The van der Waals surface area contributed by atoms with E-state index in [0.717, 1.165) is 103 Å². The lowest BCUT2D eigenvalue weighted by Gasteiger charge is -2.63. The maximum Gasteiger partial charge on any atom is 0.142 e. The zero-order valence-corrected chi connectivity index (χ0v) is 31.7. The van der Waals surface area contributed by atoms with Crippen LogP contribution < -0.4 is 0 Å². The van der Waals surface area contributed by atoms with Crippen molar-refractivity contribution in [3.63, 3.8) is 0 Å². The van der Waals surface area contributed by atoms with Crippen molar-refractivity contribution in [2.24, 2.45) is 69.0 Å². The van der Waals surface area contributed by atoms with Gasteiger partial charge in [-0.05, 0) is 180 Å². The Bertz CT molecular complexity index is 1310. The summed E-state index contributed by atoms with van der Waals surface area (Å²) >= 11 is 0. The van der Waals surface area contributed by atoms with Crippen molar-refractivity contribution >= 4 is 6.29 Å². The molecule has 0 aliphatic heterocycles. The Morgan fingerprint density at radius 2 is 1.02 bits per heavy atom. The van der Waals surface area contributed by atoms with E-state index in [4.69, 9.17) is 0 Å². The number of carbonyl (C=O) groups excluding carboxylic acids is 1. The summed E-state index contributed by atoms with van der Waals surface area (Å²) in [7, 11) is 0. The van der Waals surface area contributed by atoms with Gasteiger partial charge in [-0.15, -0.1) is 0 Å². The molecule has 0 saturated heterocycles. The molecule has 8 aliphatic rings. The molecule has 0 amide bonds. The monoisotopic (exact) mass is 695 g/mol. The third-order valence-corrected chi connectivity index (χ3v) is 18.7. The lowest BCUT2D eigenvalue weighted by Crippen LogP contribution is -2.62. The van der Waals surface area contributed by atoms with Crippen LogP contribution in [0.15, 0.2) is 24.3 Å². The molecule has 50 heavy (non-hydrogen) atoms. The minimum atomic E-state index is -0.585. The number of aldehydes is 1. The van der Waals surface area contributed by atoms with Gasteiger partial charge in [0, 0.05) is 10.8 Å². The molecule has 282 valence electrons. The molecule has 8 saturated carbocycles. The zero-order chi connectivity index (χ0) is 35.7. The van der Waals surface area contributed by atoms with Gasteiger partial charge in [-0.3, -0.25) is 4.79 Å². The first-order chi connectivity index (χ1) is 23.7. The molecule has 16 atom stereocenters. The van der Waals surface area contributed by atoms with Crippen molar-refractivity contribution in [2.75, 3.05) is 6.61 Å². The van der Waals surface area contributed by atoms with Gasteiger partial charge in [-0.2, -0.15) is 0 Å². The average molecular weight is 695 g/mol. The fourth-order valence-corrected chi connectivity index (χ4v) is 15.5. The molecule has 8 rings (SSSR count). The van der Waals surface area contributed by atoms with Gasteiger partial charge in [-0.25, -0.2) is 0 Å². The normalized spacial score (nSPS) is 55.5. The van der Waals surface area contributed by atoms with E-state index in [-0.39, 0.29) is 35.1 Å². The van der Waals surface area contributed by atoms with E-state index in [2.05, 4.69) is 39.8 Å². The van der Waals surface area contributed by atoms with Crippen molar-refractivity contribution < 1.29 is 30.3 Å². The smallest absolute Gasteiger partial charge is 0.142 e. The molecule has 0 radical (unpaired) electrons. The maximum atomic E-state index is 11.9. The Hall–Kier alpha value is -1.05. The molecule has 0 heterocycles. The number of carbonyl (C=O) groups is 1. The SMILES string of the molecule is C[C@]12CC[C@H](O)C[C@H]1CCC1C2CC[C@]2(C)[C@@H](/C=C/C=O)CC[C@]12O.C[C@]12CC[C@H](O)C[C@H]1CCC1C2CC[C@]2(C)[C@@H](/C=C/CO)CC[C@]12O. The second-order valence-corrected chi connectivity index (χ2v) is 20.0. The third-order valence-electron chi connectivity index (χ3n) is 18.7. The first-order valence-electron chi connectivity index (χ1n) is 20.9. The van der Waals surface area contributed by atoms with E-state index >= 15 is 0 Å². The van der Waals surface area contributed by atoms with Crippen LogP contribution in [0.4, 0.5) is 0 Å². The van der Waals surface area contributed by atoms with E-state index in [1.54, 1.807) is 6.08 Å². The van der Waals surface area contributed by atoms with Crippen LogP contribution in [0.5, 0.6) is 0 Å². The first kappa shape index (κ1) is 37.3. The average Bonchev–Trinajstić information content (AvgIpc) is 3.52. The predicted octanol–water partition coefficient (Wildman–Crippen LogP) is 7.55. The molecule has 0 bridgehead atoms. The molecule has 0 aromatic rings. The van der Waals surface area contributed by atoms with Gasteiger partial charge in [0.05, 0.1) is 30.0 Å². The van der Waals surface area contributed by atoms with Crippen LogP contribution in [0.3, 0.4) is 0 Å². The Morgan fingerprint density at radius 1 is 0.560 bits per heavy atom. The van der Waals surface area contributed by atoms with Crippen LogP contribution in [0.25, 0.3) is 0 Å². The highest BCUT2D eigenvalue weighted by molar-refractivity contribution is 5.64. The van der Waals surface area contributed by atoms with Crippen LogP contribution in [0.2, 0.25) is 0 Å². The summed E-state index contributed by atoms with van der Waals surface area (Å²) in [6.45, 7) is 9.59. The summed E-state index contributed by atoms with van der Waals surface area (Å²) in [5.41, 5.74) is -0.682. The van der Waals surface area contributed by atoms with Crippen LogP contribution >= 0.6 is 0 Å². The van der Waals surface area contributed by atoms with E-state index in [9.17, 15) is 30.3 Å². The Balaban J connectivity index is 0.000000157. The van der Waals surface area contributed by atoms with Crippen molar-refractivity contribution in [1.29, 1.82) is 0 Å². The van der Waals surface area contributed by atoms with E-state index in [1.807, 2.05) is 6.08 Å². The van der Waals surface area contributed by atoms with Crippen LogP contribution in [0.1, 0.15) is 143 Å². The van der Waals surface area contributed by atoms with E-state index in [0.29, 0.717) is 52.8 Å². The molecular formula is C44H70O6. The number of hydrogen-bond acceptors (Lipinski definition) is 6. The van der Waals surface area contributed by atoms with Crippen molar-refractivity contribution in [3.05, 3.63) is 24.3 Å². The highest BCUT2D eigenvalue weighted by atomic mass is 16.3. The van der Waals surface area contributed by atoms with Gasteiger partial charge < -0.3 is 25.5 Å². The van der Waals surface area contributed by atoms with Gasteiger partial charge >= 0.3 is 0 Å². The molecule has 4 unspecified atom stereocenters. The molecule has 6 heteroatoms. The van der Waals surface area contributed by atoms with E-state index in [1.165, 1.54) is 19.3 Å². The Labute approximate surface area is 302 Å². The second-order valence-electron chi connectivity index (χ2n) is 20.0. The number of fused-ring (bicyclic) bond motifs is 10. The number of allylic oxidation sites excluding steroid dienone is 3. The second kappa shape index (κ2) is 13.4. The number of hydrogen-bond donors (Lipinski definition) is 5. The third kappa shape index (κ3) is 5.44. The molecule has 0 spiro atoms. The Kier molecular flexibility index (Phi) is 9.96. The van der Waals surface area contributed by atoms with Crippen LogP contribution in [-0.4, -0.2) is 61.8 Å². The minimum absolute atomic E-state index is 0.0444. The van der Waals surface area contributed by atoms with Crippen molar-refractivity contribution in [2.45, 2.75) is 167 Å². The summed E-state index contributed by atoms with van der Waals surface area (Å²) in [5, 5.41) is 53.3. The molecule has 8 fully saturated rings. The van der Waals surface area contributed by atoms with Crippen LogP contribution in [-0.2, 0) is 4.79 Å². The topological polar surface area (TPSA) is 118 Å². The summed E-state index contributed by atoms with van der Waals surface area (Å²) in [6, 6.07) is 0. The predicted molar refractivity (Wildman–Crippen MR) is 197 cm³/mol. The van der Waals surface area contributed by atoms with Crippen molar-refractivity contribution in [1.82, 2.24) is 0 Å².